The second-order valence-corrected chi connectivity index (χ2v) is 20.9. The molecule has 0 radical (unpaired) electrons. The van der Waals surface area contributed by atoms with Crippen LogP contribution in [0.15, 0.2) is 194 Å². The summed E-state index contributed by atoms with van der Waals surface area (Å²) in [6, 6.07) is 0. The lowest BCUT2D eigenvalue weighted by molar-refractivity contribution is -0.166. The van der Waals surface area contributed by atoms with E-state index < -0.39 is 18.0 Å². The fourth-order valence-corrected chi connectivity index (χ4v) is 8.33. The zero-order chi connectivity index (χ0) is 59.9. The quantitative estimate of drug-likeness (QED) is 0.0261. The molecule has 6 heteroatoms. The first-order valence-corrected chi connectivity index (χ1v) is 32.9. The molecule has 83 heavy (non-hydrogen) atoms. The van der Waals surface area contributed by atoms with E-state index in [1.807, 2.05) is 18.2 Å². The zero-order valence-electron chi connectivity index (χ0n) is 52.9. The van der Waals surface area contributed by atoms with Crippen LogP contribution in [0.1, 0.15) is 252 Å². The molecule has 462 valence electrons. The summed E-state index contributed by atoms with van der Waals surface area (Å²) in [6.45, 7) is 6.14. The maximum Gasteiger partial charge on any atom is 0.309 e. The molecule has 0 heterocycles. The Kier molecular flexibility index (Phi) is 64.0. The molecule has 6 nitrogen and oxygen atoms in total. The van der Waals surface area contributed by atoms with Gasteiger partial charge in [-0.3, -0.25) is 14.4 Å². The fraction of sp³-hybridized carbons (Fsp3) is 0.545. The molecule has 1 atom stereocenters. The van der Waals surface area contributed by atoms with E-state index >= 15 is 0 Å². The van der Waals surface area contributed by atoms with Crippen LogP contribution in [0.3, 0.4) is 0 Å². The largest absolute Gasteiger partial charge is 0.462 e. The SMILES string of the molecule is CC/C=C\C/C=C\C/C=C\C/C=C\C/C=C\C/C=C\CCC(=O)OC(COC(=O)C/C=C\C/C=C\C/C=C\C/C=C\C/C=C\CC)COC(=O)CCCCCCCCCCCCCCCCC/C=C\C/C=C\C/C=C\C/C=C\C/C=C\CC. The number of carbonyl (C=O) groups is 3. The highest BCUT2D eigenvalue weighted by molar-refractivity contribution is 5.72. The molecule has 0 N–H and O–H groups in total. The van der Waals surface area contributed by atoms with Crippen LogP contribution in [0.5, 0.6) is 0 Å². The Hall–Kier alpha value is -5.75. The molecular weight excluding hydrogens is 1020 g/mol. The highest BCUT2D eigenvalue weighted by Crippen LogP contribution is 2.15. The first-order valence-electron chi connectivity index (χ1n) is 32.9. The lowest BCUT2D eigenvalue weighted by atomic mass is 10.0. The van der Waals surface area contributed by atoms with Gasteiger partial charge in [-0.25, -0.2) is 0 Å². The molecular formula is C77H118O6. The second-order valence-electron chi connectivity index (χ2n) is 20.9. The van der Waals surface area contributed by atoms with Gasteiger partial charge in [0.25, 0.3) is 0 Å². The molecule has 0 aromatic carbocycles. The van der Waals surface area contributed by atoms with Crippen molar-refractivity contribution in [3.05, 3.63) is 194 Å². The minimum absolute atomic E-state index is 0.103. The first-order chi connectivity index (χ1) is 41.0. The molecule has 0 aliphatic rings. The third-order valence-corrected chi connectivity index (χ3v) is 13.1. The monoisotopic (exact) mass is 1140 g/mol. The van der Waals surface area contributed by atoms with Crippen LogP contribution in [0.2, 0.25) is 0 Å². The van der Waals surface area contributed by atoms with E-state index in [9.17, 15) is 14.4 Å². The first kappa shape index (κ1) is 77.2. The van der Waals surface area contributed by atoms with Crippen molar-refractivity contribution in [2.75, 3.05) is 13.2 Å². The van der Waals surface area contributed by atoms with Crippen LogP contribution in [0.4, 0.5) is 0 Å². The minimum Gasteiger partial charge on any atom is -0.462 e. The molecule has 0 aliphatic carbocycles. The molecule has 0 rings (SSSR count). The third-order valence-electron chi connectivity index (χ3n) is 13.1. The third kappa shape index (κ3) is 66.9. The van der Waals surface area contributed by atoms with Crippen LogP contribution in [0.25, 0.3) is 0 Å². The number of hydrogen-bond acceptors (Lipinski definition) is 6. The maximum atomic E-state index is 12.9. The van der Waals surface area contributed by atoms with E-state index in [-0.39, 0.29) is 32.0 Å². The number of unbranched alkanes of at least 4 members (excludes halogenated alkanes) is 15. The number of carbonyl (C=O) groups excluding carboxylic acids is 3. The molecule has 1 unspecified atom stereocenters. The number of hydrogen-bond donors (Lipinski definition) is 0. The number of ether oxygens (including phenoxy) is 3. The van der Waals surface area contributed by atoms with Gasteiger partial charge in [0.05, 0.1) is 6.42 Å². The predicted molar refractivity (Wildman–Crippen MR) is 361 cm³/mol. The van der Waals surface area contributed by atoms with Crippen LogP contribution in [0, 0.1) is 0 Å². The van der Waals surface area contributed by atoms with Gasteiger partial charge < -0.3 is 14.2 Å². The summed E-state index contributed by atoms with van der Waals surface area (Å²) < 4.78 is 16.7. The second kappa shape index (κ2) is 68.7. The van der Waals surface area contributed by atoms with Crippen LogP contribution < -0.4 is 0 Å². The Bertz CT molecular complexity index is 1990. The van der Waals surface area contributed by atoms with Crippen molar-refractivity contribution in [2.45, 2.75) is 258 Å². The van der Waals surface area contributed by atoms with Crippen molar-refractivity contribution in [1.82, 2.24) is 0 Å². The van der Waals surface area contributed by atoms with Gasteiger partial charge in [0.15, 0.2) is 6.10 Å². The average molecular weight is 1140 g/mol. The van der Waals surface area contributed by atoms with Crippen LogP contribution in [-0.4, -0.2) is 37.2 Å². The summed E-state index contributed by atoms with van der Waals surface area (Å²) >= 11 is 0. The Morgan fingerprint density at radius 2 is 0.506 bits per heavy atom. The molecule has 0 aliphatic heterocycles. The van der Waals surface area contributed by atoms with Crippen molar-refractivity contribution >= 4 is 17.9 Å². The standard InChI is InChI=1S/C77H118O6/c1-4-7-10-13-16-19-22-25-28-30-32-33-34-35-36-37-38-39-40-41-42-43-45-46-49-52-55-58-61-64-67-70-76(79)82-73-74(72-81-75(78)69-66-63-60-57-54-51-48-27-24-21-18-15-12-9-6-3)83-77(80)71-68-65-62-59-56-53-50-47-44-31-29-26-23-20-17-14-11-8-5-2/h7-12,16-21,25-29,32-33,35-36,44,47-48,53-54,56-57,62-63,65-66,74H,4-6,13-15,22-24,30-31,34,37-43,45-46,49-52,55,58-61,64,67-73H2,1-3H3/b10-7-,11-8-,12-9-,19-16-,20-17-,21-18-,28-25-,29-26-,33-32-,36-35-,47-44-,48-27-,56-53-,57-54-,65-62-,66-63-. The van der Waals surface area contributed by atoms with E-state index in [0.29, 0.717) is 19.3 Å². The fourth-order valence-electron chi connectivity index (χ4n) is 8.33. The van der Waals surface area contributed by atoms with Gasteiger partial charge in [0.1, 0.15) is 13.2 Å². The van der Waals surface area contributed by atoms with Crippen molar-refractivity contribution in [3.63, 3.8) is 0 Å². The highest BCUT2D eigenvalue weighted by Gasteiger charge is 2.19. The highest BCUT2D eigenvalue weighted by atomic mass is 16.6. The predicted octanol–water partition coefficient (Wildman–Crippen LogP) is 23.0. The number of rotatable bonds is 57. The summed E-state index contributed by atoms with van der Waals surface area (Å²) in [5.41, 5.74) is 0. The number of esters is 3. The smallest absolute Gasteiger partial charge is 0.309 e. The normalized spacial score (nSPS) is 13.4. The van der Waals surface area contributed by atoms with E-state index in [1.54, 1.807) is 6.08 Å². The molecule has 0 fully saturated rings. The summed E-state index contributed by atoms with van der Waals surface area (Å²) in [5.74, 6) is -1.17. The summed E-state index contributed by atoms with van der Waals surface area (Å²) in [4.78, 5) is 38.2. The van der Waals surface area contributed by atoms with Crippen LogP contribution in [-0.2, 0) is 28.6 Å². The average Bonchev–Trinajstić information content (AvgIpc) is 3.49. The zero-order valence-corrected chi connectivity index (χ0v) is 52.9. The van der Waals surface area contributed by atoms with Gasteiger partial charge in [-0.15, -0.1) is 0 Å². The van der Waals surface area contributed by atoms with Crippen molar-refractivity contribution in [3.8, 4) is 0 Å². The lowest BCUT2D eigenvalue weighted by Gasteiger charge is -2.18. The van der Waals surface area contributed by atoms with E-state index in [4.69, 9.17) is 14.2 Å². The van der Waals surface area contributed by atoms with E-state index in [0.717, 1.165) is 116 Å². The van der Waals surface area contributed by atoms with Gasteiger partial charge in [-0.1, -0.05) is 299 Å². The Balaban J connectivity index is 4.44. The topological polar surface area (TPSA) is 78.9 Å². The Morgan fingerprint density at radius 1 is 0.253 bits per heavy atom. The molecule has 0 bridgehead atoms. The lowest BCUT2D eigenvalue weighted by Crippen LogP contribution is -2.30. The van der Waals surface area contributed by atoms with Gasteiger partial charge >= 0.3 is 17.9 Å². The Labute approximate surface area is 509 Å². The van der Waals surface area contributed by atoms with Gasteiger partial charge in [-0.2, -0.15) is 0 Å². The maximum absolute atomic E-state index is 12.9. The van der Waals surface area contributed by atoms with Crippen molar-refractivity contribution < 1.29 is 28.6 Å². The number of allylic oxidation sites excluding steroid dienone is 31. The molecule has 0 saturated carbocycles. The summed E-state index contributed by atoms with van der Waals surface area (Å²) in [5, 5.41) is 0. The summed E-state index contributed by atoms with van der Waals surface area (Å²) in [7, 11) is 0. The molecule has 0 spiro atoms. The Morgan fingerprint density at radius 3 is 0.831 bits per heavy atom. The molecule has 0 aromatic rings. The van der Waals surface area contributed by atoms with Crippen molar-refractivity contribution in [2.24, 2.45) is 0 Å². The summed E-state index contributed by atoms with van der Waals surface area (Å²) in [6.07, 6.45) is 105. The molecule has 0 aromatic heterocycles. The van der Waals surface area contributed by atoms with Gasteiger partial charge in [-0.05, 0) is 128 Å². The molecule has 0 amide bonds. The van der Waals surface area contributed by atoms with E-state index in [2.05, 4.69) is 191 Å². The van der Waals surface area contributed by atoms with Crippen LogP contribution >= 0.6 is 0 Å². The van der Waals surface area contributed by atoms with Crippen molar-refractivity contribution in [1.29, 1.82) is 0 Å². The van der Waals surface area contributed by atoms with E-state index in [1.165, 1.54) is 83.5 Å². The van der Waals surface area contributed by atoms with Gasteiger partial charge in [0.2, 0.25) is 0 Å². The minimum atomic E-state index is -0.870. The molecule has 0 saturated heterocycles. The van der Waals surface area contributed by atoms with Gasteiger partial charge in [0, 0.05) is 12.8 Å².